The zero-order valence-electron chi connectivity index (χ0n) is 13.5. The van der Waals surface area contributed by atoms with E-state index < -0.39 is 5.82 Å². The van der Waals surface area contributed by atoms with Crippen LogP contribution in [0.15, 0.2) is 48.9 Å². The molecule has 0 radical (unpaired) electrons. The van der Waals surface area contributed by atoms with Crippen molar-refractivity contribution in [1.29, 1.82) is 0 Å². The zero-order chi connectivity index (χ0) is 16.9. The zero-order valence-corrected chi connectivity index (χ0v) is 13.5. The van der Waals surface area contributed by atoms with Crippen LogP contribution in [0, 0.1) is 19.7 Å². The Morgan fingerprint density at radius 2 is 1.92 bits per heavy atom. The quantitative estimate of drug-likeness (QED) is 0.768. The number of halogens is 1. The van der Waals surface area contributed by atoms with E-state index in [1.807, 2.05) is 26.0 Å². The molecule has 0 aliphatic rings. The summed E-state index contributed by atoms with van der Waals surface area (Å²) in [5, 5.41) is 3.21. The van der Waals surface area contributed by atoms with Crippen molar-refractivity contribution in [3.8, 4) is 11.5 Å². The van der Waals surface area contributed by atoms with Gasteiger partial charge in [-0.1, -0.05) is 6.07 Å². The molecule has 6 heteroatoms. The Labute approximate surface area is 139 Å². The van der Waals surface area contributed by atoms with E-state index >= 15 is 0 Å². The SMILES string of the molecule is Cc1ccc(NCc2cc(Oc3cncc(F)c3)cc(C)n2)nc1. The van der Waals surface area contributed by atoms with Gasteiger partial charge in [0.05, 0.1) is 24.6 Å². The minimum atomic E-state index is -0.439. The van der Waals surface area contributed by atoms with Gasteiger partial charge in [0.25, 0.3) is 0 Å². The molecule has 0 atom stereocenters. The number of ether oxygens (including phenoxy) is 1. The van der Waals surface area contributed by atoms with Gasteiger partial charge >= 0.3 is 0 Å². The fourth-order valence-corrected chi connectivity index (χ4v) is 2.19. The molecule has 0 amide bonds. The fraction of sp³-hybridized carbons (Fsp3) is 0.167. The molecule has 5 nitrogen and oxygen atoms in total. The summed E-state index contributed by atoms with van der Waals surface area (Å²) in [5.74, 6) is 1.27. The fourth-order valence-electron chi connectivity index (χ4n) is 2.19. The maximum atomic E-state index is 13.2. The Bertz CT molecular complexity index is 837. The van der Waals surface area contributed by atoms with E-state index in [9.17, 15) is 4.39 Å². The van der Waals surface area contributed by atoms with Crippen LogP contribution in [0.25, 0.3) is 0 Å². The monoisotopic (exact) mass is 324 g/mol. The van der Waals surface area contributed by atoms with Crippen molar-refractivity contribution in [2.75, 3.05) is 5.32 Å². The van der Waals surface area contributed by atoms with E-state index in [1.54, 1.807) is 18.3 Å². The average Bonchev–Trinajstić information content (AvgIpc) is 2.54. The van der Waals surface area contributed by atoms with E-state index in [4.69, 9.17) is 4.74 Å². The lowest BCUT2D eigenvalue weighted by Crippen LogP contribution is -2.04. The highest BCUT2D eigenvalue weighted by Crippen LogP contribution is 2.22. The van der Waals surface area contributed by atoms with Crippen molar-refractivity contribution < 1.29 is 9.13 Å². The molecule has 0 saturated carbocycles. The number of aromatic nitrogens is 3. The molecule has 1 N–H and O–H groups in total. The van der Waals surface area contributed by atoms with Gasteiger partial charge in [0, 0.05) is 30.1 Å². The Hall–Kier alpha value is -3.02. The second kappa shape index (κ2) is 7.04. The van der Waals surface area contributed by atoms with Crippen LogP contribution in [-0.4, -0.2) is 15.0 Å². The Balaban J connectivity index is 1.72. The Kier molecular flexibility index (Phi) is 4.65. The van der Waals surface area contributed by atoms with Crippen LogP contribution in [0.2, 0.25) is 0 Å². The topological polar surface area (TPSA) is 59.9 Å². The van der Waals surface area contributed by atoms with Crippen molar-refractivity contribution >= 4 is 5.82 Å². The first-order valence-electron chi connectivity index (χ1n) is 7.51. The third kappa shape index (κ3) is 4.25. The summed E-state index contributed by atoms with van der Waals surface area (Å²) in [7, 11) is 0. The van der Waals surface area contributed by atoms with Crippen molar-refractivity contribution in [3.63, 3.8) is 0 Å². The molecular formula is C18H17FN4O. The summed E-state index contributed by atoms with van der Waals surface area (Å²) >= 11 is 0. The molecule has 0 fully saturated rings. The van der Waals surface area contributed by atoms with Crippen LogP contribution in [0.5, 0.6) is 11.5 Å². The Morgan fingerprint density at radius 3 is 2.67 bits per heavy atom. The highest BCUT2D eigenvalue weighted by Gasteiger charge is 2.05. The van der Waals surface area contributed by atoms with Crippen LogP contribution < -0.4 is 10.1 Å². The first kappa shape index (κ1) is 15.9. The van der Waals surface area contributed by atoms with E-state index in [1.165, 1.54) is 12.3 Å². The molecule has 0 saturated heterocycles. The Morgan fingerprint density at radius 1 is 1.04 bits per heavy atom. The minimum absolute atomic E-state index is 0.347. The lowest BCUT2D eigenvalue weighted by Gasteiger charge is -2.10. The number of anilines is 1. The van der Waals surface area contributed by atoms with E-state index in [0.717, 1.165) is 29.0 Å². The van der Waals surface area contributed by atoms with Crippen molar-refractivity contribution in [2.24, 2.45) is 0 Å². The number of hydrogen-bond acceptors (Lipinski definition) is 5. The number of aryl methyl sites for hydroxylation is 2. The highest BCUT2D eigenvalue weighted by atomic mass is 19.1. The first-order valence-corrected chi connectivity index (χ1v) is 7.51. The van der Waals surface area contributed by atoms with Gasteiger partial charge in [-0.15, -0.1) is 0 Å². The van der Waals surface area contributed by atoms with Crippen LogP contribution in [0.1, 0.15) is 17.0 Å². The molecule has 3 aromatic rings. The summed E-state index contributed by atoms with van der Waals surface area (Å²) in [6.07, 6.45) is 4.40. The molecular weight excluding hydrogens is 307 g/mol. The van der Waals surface area contributed by atoms with Gasteiger partial charge in [-0.05, 0) is 25.5 Å². The molecule has 0 unspecified atom stereocenters. The molecule has 3 aromatic heterocycles. The third-order valence-corrected chi connectivity index (χ3v) is 3.26. The molecule has 0 aromatic carbocycles. The van der Waals surface area contributed by atoms with Gasteiger partial charge in [0.15, 0.2) is 0 Å². The molecule has 0 spiro atoms. The third-order valence-electron chi connectivity index (χ3n) is 3.26. The second-order valence-electron chi connectivity index (χ2n) is 5.45. The van der Waals surface area contributed by atoms with Crippen molar-refractivity contribution in [2.45, 2.75) is 20.4 Å². The maximum Gasteiger partial charge on any atom is 0.148 e. The smallest absolute Gasteiger partial charge is 0.148 e. The molecule has 0 bridgehead atoms. The van der Waals surface area contributed by atoms with Crippen LogP contribution in [0.3, 0.4) is 0 Å². The summed E-state index contributed by atoms with van der Waals surface area (Å²) in [6.45, 7) is 4.38. The van der Waals surface area contributed by atoms with Crippen LogP contribution in [0.4, 0.5) is 10.2 Å². The lowest BCUT2D eigenvalue weighted by molar-refractivity contribution is 0.471. The summed E-state index contributed by atoms with van der Waals surface area (Å²) in [5.41, 5.74) is 2.72. The van der Waals surface area contributed by atoms with Gasteiger partial charge in [-0.3, -0.25) is 9.97 Å². The molecule has 0 aliphatic carbocycles. The van der Waals surface area contributed by atoms with E-state index in [2.05, 4.69) is 20.3 Å². The minimum Gasteiger partial charge on any atom is -0.456 e. The number of hydrogen-bond donors (Lipinski definition) is 1. The second-order valence-corrected chi connectivity index (χ2v) is 5.45. The lowest BCUT2D eigenvalue weighted by atomic mass is 10.2. The van der Waals surface area contributed by atoms with Gasteiger partial charge in [-0.25, -0.2) is 9.37 Å². The van der Waals surface area contributed by atoms with Gasteiger partial charge in [0.1, 0.15) is 23.1 Å². The van der Waals surface area contributed by atoms with Crippen molar-refractivity contribution in [3.05, 3.63) is 71.7 Å². The van der Waals surface area contributed by atoms with Crippen molar-refractivity contribution in [1.82, 2.24) is 15.0 Å². The normalized spacial score (nSPS) is 10.5. The molecule has 24 heavy (non-hydrogen) atoms. The highest BCUT2D eigenvalue weighted by molar-refractivity contribution is 5.37. The molecule has 3 rings (SSSR count). The number of rotatable bonds is 5. The molecule has 122 valence electrons. The number of nitrogens with zero attached hydrogens (tertiary/aromatic N) is 3. The average molecular weight is 324 g/mol. The maximum absolute atomic E-state index is 13.2. The van der Waals surface area contributed by atoms with Gasteiger partial charge in [0.2, 0.25) is 0 Å². The number of nitrogens with one attached hydrogen (secondary N) is 1. The summed E-state index contributed by atoms with van der Waals surface area (Å²) < 4.78 is 18.9. The van der Waals surface area contributed by atoms with Gasteiger partial charge < -0.3 is 10.1 Å². The largest absolute Gasteiger partial charge is 0.456 e. The standard InChI is InChI=1S/C18H17FN4O/c1-12-3-4-18(21-8-12)22-10-15-7-16(5-13(2)23-15)24-17-6-14(19)9-20-11-17/h3-9,11H,10H2,1-2H3,(H,21,22). The van der Waals surface area contributed by atoms with Crippen LogP contribution in [-0.2, 0) is 6.54 Å². The van der Waals surface area contributed by atoms with E-state index in [0.29, 0.717) is 18.0 Å². The first-order chi connectivity index (χ1) is 11.6. The summed E-state index contributed by atoms with van der Waals surface area (Å²) in [4.78, 5) is 12.5. The molecule has 0 aliphatic heterocycles. The number of pyridine rings is 3. The summed E-state index contributed by atoms with van der Waals surface area (Å²) in [6, 6.07) is 8.79. The molecule has 3 heterocycles. The predicted molar refractivity (Wildman–Crippen MR) is 89.5 cm³/mol. The van der Waals surface area contributed by atoms with Crippen LogP contribution >= 0.6 is 0 Å². The predicted octanol–water partition coefficient (Wildman–Crippen LogP) is 4.03. The van der Waals surface area contributed by atoms with E-state index in [-0.39, 0.29) is 0 Å². The van der Waals surface area contributed by atoms with Gasteiger partial charge in [-0.2, -0.15) is 0 Å².